The molecule has 2 aromatic carbocycles. The Morgan fingerprint density at radius 2 is 1.74 bits per heavy atom. The van der Waals surface area contributed by atoms with Gasteiger partial charge in [-0.25, -0.2) is 4.98 Å². The summed E-state index contributed by atoms with van der Waals surface area (Å²) in [7, 11) is 6.07. The average Bonchev–Trinajstić information content (AvgIpc) is 2.66. The van der Waals surface area contributed by atoms with E-state index in [0.717, 1.165) is 18.8 Å². The van der Waals surface area contributed by atoms with Crippen molar-refractivity contribution in [3.63, 3.8) is 0 Å². The van der Waals surface area contributed by atoms with Crippen molar-refractivity contribution >= 4 is 39.8 Å². The highest BCUT2D eigenvalue weighted by molar-refractivity contribution is 6.30. The Hall–Kier alpha value is -2.08. The Labute approximate surface area is 168 Å². The van der Waals surface area contributed by atoms with Crippen molar-refractivity contribution in [3.8, 4) is 5.69 Å². The summed E-state index contributed by atoms with van der Waals surface area (Å²) >= 11 is 12.1. The lowest BCUT2D eigenvalue weighted by molar-refractivity contribution is 0.416. The predicted octanol–water partition coefficient (Wildman–Crippen LogP) is 3.78. The second-order valence-corrected chi connectivity index (χ2v) is 7.38. The van der Waals surface area contributed by atoms with Gasteiger partial charge in [-0.2, -0.15) is 0 Å². The number of halogens is 2. The minimum atomic E-state index is -0.138. The highest BCUT2D eigenvalue weighted by Gasteiger charge is 2.16. The lowest BCUT2D eigenvalue weighted by atomic mass is 10.2. The molecule has 0 aliphatic heterocycles. The topological polar surface area (TPSA) is 41.4 Å². The zero-order valence-electron chi connectivity index (χ0n) is 15.6. The Kier molecular flexibility index (Phi) is 6.05. The molecule has 0 aliphatic rings. The number of alkyl halides is 1. The van der Waals surface area contributed by atoms with E-state index in [0.29, 0.717) is 27.4 Å². The molecule has 142 valence electrons. The molecule has 1 aromatic heterocycles. The zero-order valence-corrected chi connectivity index (χ0v) is 17.1. The molecular formula is C20H22Cl2N4O. The van der Waals surface area contributed by atoms with Crippen LogP contribution >= 0.6 is 23.2 Å². The van der Waals surface area contributed by atoms with Crippen molar-refractivity contribution in [2.45, 2.75) is 5.88 Å². The summed E-state index contributed by atoms with van der Waals surface area (Å²) in [5.74, 6) is 0.633. The molecular weight excluding hydrogens is 383 g/mol. The van der Waals surface area contributed by atoms with Gasteiger partial charge in [0.05, 0.1) is 22.6 Å². The van der Waals surface area contributed by atoms with Gasteiger partial charge in [0.25, 0.3) is 5.56 Å². The maximum absolute atomic E-state index is 13.2. The molecule has 1 heterocycles. The summed E-state index contributed by atoms with van der Waals surface area (Å²) in [5.41, 5.74) is 2.15. The highest BCUT2D eigenvalue weighted by Crippen LogP contribution is 2.24. The van der Waals surface area contributed by atoms with Crippen LogP contribution in [0.3, 0.4) is 0 Å². The summed E-state index contributed by atoms with van der Waals surface area (Å²) in [6, 6.07) is 12.8. The summed E-state index contributed by atoms with van der Waals surface area (Å²) < 4.78 is 1.55. The van der Waals surface area contributed by atoms with Crippen molar-refractivity contribution < 1.29 is 0 Å². The van der Waals surface area contributed by atoms with Crippen molar-refractivity contribution in [1.29, 1.82) is 0 Å². The lowest BCUT2D eigenvalue weighted by Gasteiger charge is -2.23. The van der Waals surface area contributed by atoms with Crippen LogP contribution in [0.2, 0.25) is 5.02 Å². The molecule has 0 atom stereocenters. The van der Waals surface area contributed by atoms with Crippen molar-refractivity contribution in [1.82, 2.24) is 14.5 Å². The van der Waals surface area contributed by atoms with Crippen LogP contribution in [0.1, 0.15) is 5.82 Å². The Morgan fingerprint density at radius 1 is 1.04 bits per heavy atom. The van der Waals surface area contributed by atoms with Gasteiger partial charge in [-0.15, -0.1) is 11.6 Å². The number of fused-ring (bicyclic) bond motifs is 1. The second-order valence-electron chi connectivity index (χ2n) is 6.68. The maximum Gasteiger partial charge on any atom is 0.266 e. The largest absolute Gasteiger partial charge is 0.372 e. The van der Waals surface area contributed by atoms with Gasteiger partial charge in [0.15, 0.2) is 0 Å². The first-order valence-corrected chi connectivity index (χ1v) is 9.56. The lowest BCUT2D eigenvalue weighted by Crippen LogP contribution is -2.29. The molecule has 3 aromatic rings. The van der Waals surface area contributed by atoms with Crippen LogP contribution in [0.15, 0.2) is 47.3 Å². The molecule has 0 saturated carbocycles. The smallest absolute Gasteiger partial charge is 0.266 e. The number of rotatable bonds is 6. The van der Waals surface area contributed by atoms with Crippen LogP contribution < -0.4 is 10.5 Å². The normalized spacial score (nSPS) is 11.3. The Bertz CT molecular complexity index is 999. The van der Waals surface area contributed by atoms with Crippen LogP contribution in [-0.4, -0.2) is 48.7 Å². The first-order valence-electron chi connectivity index (χ1n) is 8.65. The molecule has 27 heavy (non-hydrogen) atoms. The highest BCUT2D eigenvalue weighted by atomic mass is 35.5. The molecule has 5 nitrogen and oxygen atoms in total. The molecule has 0 spiro atoms. The quantitative estimate of drug-likeness (QED) is 0.586. The van der Waals surface area contributed by atoms with E-state index in [1.165, 1.54) is 0 Å². The fourth-order valence-electron chi connectivity index (χ4n) is 2.96. The van der Waals surface area contributed by atoms with E-state index < -0.39 is 0 Å². The Balaban J connectivity index is 2.18. The van der Waals surface area contributed by atoms with E-state index >= 15 is 0 Å². The summed E-state index contributed by atoms with van der Waals surface area (Å²) in [5, 5.41) is 1.17. The number of benzene rings is 2. The molecule has 7 heteroatoms. The van der Waals surface area contributed by atoms with Crippen LogP contribution in [0.25, 0.3) is 16.6 Å². The van der Waals surface area contributed by atoms with E-state index in [1.54, 1.807) is 34.9 Å². The van der Waals surface area contributed by atoms with Crippen LogP contribution in [0.4, 0.5) is 5.69 Å². The minimum Gasteiger partial charge on any atom is -0.372 e. The van der Waals surface area contributed by atoms with Gasteiger partial charge in [0.1, 0.15) is 11.3 Å². The van der Waals surface area contributed by atoms with Crippen LogP contribution in [0, 0.1) is 0 Å². The summed E-state index contributed by atoms with van der Waals surface area (Å²) in [4.78, 5) is 22.2. The van der Waals surface area contributed by atoms with Crippen molar-refractivity contribution in [2.75, 3.05) is 39.1 Å². The molecule has 0 aliphatic carbocycles. The third-order valence-electron chi connectivity index (χ3n) is 4.45. The third-order valence-corrected chi connectivity index (χ3v) is 4.94. The summed E-state index contributed by atoms with van der Waals surface area (Å²) in [6.45, 7) is 1.72. The fourth-order valence-corrected chi connectivity index (χ4v) is 3.27. The molecule has 0 bridgehead atoms. The Morgan fingerprint density at radius 3 is 2.37 bits per heavy atom. The SMILES string of the molecule is CN(C)CCN(C)c1cccc2c(=O)n(-c3ccc(Cl)cc3)c(CCl)nc12. The number of anilines is 1. The van der Waals surface area contributed by atoms with Gasteiger partial charge in [0, 0.05) is 25.2 Å². The monoisotopic (exact) mass is 404 g/mol. The standard InChI is InChI=1S/C20H22Cl2N4O/c1-24(2)11-12-25(3)17-6-4-5-16-19(17)23-18(13-21)26(20(16)27)15-9-7-14(22)8-10-15/h4-10H,11-13H2,1-3H3. The molecule has 0 radical (unpaired) electrons. The number of likely N-dealkylation sites (N-methyl/N-ethyl adjacent to an activating group) is 2. The maximum atomic E-state index is 13.2. The van der Waals surface area contributed by atoms with E-state index in [-0.39, 0.29) is 11.4 Å². The first-order chi connectivity index (χ1) is 12.9. The average molecular weight is 405 g/mol. The number of aromatic nitrogens is 2. The third kappa shape index (κ3) is 4.10. The van der Waals surface area contributed by atoms with Crippen LogP contribution in [-0.2, 0) is 5.88 Å². The van der Waals surface area contributed by atoms with E-state index in [9.17, 15) is 4.79 Å². The fraction of sp³-hybridized carbons (Fsp3) is 0.300. The molecule has 0 amide bonds. The van der Waals surface area contributed by atoms with Gasteiger partial charge in [-0.3, -0.25) is 9.36 Å². The number of hydrogen-bond donors (Lipinski definition) is 0. The second kappa shape index (κ2) is 8.30. The van der Waals surface area contributed by atoms with Crippen LogP contribution in [0.5, 0.6) is 0 Å². The van der Waals surface area contributed by atoms with Crippen molar-refractivity contribution in [2.24, 2.45) is 0 Å². The molecule has 0 fully saturated rings. The molecule has 0 unspecified atom stereocenters. The predicted molar refractivity (Wildman–Crippen MR) is 114 cm³/mol. The first kappa shape index (κ1) is 19.7. The van der Waals surface area contributed by atoms with Gasteiger partial charge in [-0.05, 0) is 50.5 Å². The van der Waals surface area contributed by atoms with Gasteiger partial charge in [-0.1, -0.05) is 17.7 Å². The number of para-hydroxylation sites is 1. The van der Waals surface area contributed by atoms with E-state index in [2.05, 4.69) is 9.80 Å². The number of nitrogens with zero attached hydrogens (tertiary/aromatic N) is 4. The molecule has 3 rings (SSSR count). The molecule has 0 saturated heterocycles. The number of hydrogen-bond acceptors (Lipinski definition) is 4. The summed E-state index contributed by atoms with van der Waals surface area (Å²) in [6.07, 6.45) is 0. The van der Waals surface area contributed by atoms with E-state index in [1.807, 2.05) is 33.3 Å². The minimum absolute atomic E-state index is 0.129. The van der Waals surface area contributed by atoms with Gasteiger partial charge < -0.3 is 9.80 Å². The van der Waals surface area contributed by atoms with Gasteiger partial charge >= 0.3 is 0 Å². The van der Waals surface area contributed by atoms with E-state index in [4.69, 9.17) is 28.2 Å². The zero-order chi connectivity index (χ0) is 19.6. The van der Waals surface area contributed by atoms with Gasteiger partial charge in [0.2, 0.25) is 0 Å². The molecule has 0 N–H and O–H groups in total. The van der Waals surface area contributed by atoms with Crippen molar-refractivity contribution in [3.05, 3.63) is 63.7 Å².